The molecule has 0 unspecified atom stereocenters. The summed E-state index contributed by atoms with van der Waals surface area (Å²) in [5.74, 6) is -0.203. The number of hydrogen-bond acceptors (Lipinski definition) is 2. The molecule has 0 atom stereocenters. The van der Waals surface area contributed by atoms with Crippen LogP contribution >= 0.6 is 0 Å². The molecule has 2 aromatic rings. The lowest BCUT2D eigenvalue weighted by Crippen LogP contribution is -2.17. The molecule has 0 bridgehead atoms. The molecule has 0 aromatic heterocycles. The Morgan fingerprint density at radius 3 is 2.61 bits per heavy atom. The van der Waals surface area contributed by atoms with Gasteiger partial charge in [-0.25, -0.2) is 5.43 Å². The van der Waals surface area contributed by atoms with Crippen LogP contribution in [-0.2, 0) is 0 Å². The average Bonchev–Trinajstić information content (AvgIpc) is 2.40. The maximum absolute atomic E-state index is 11.8. The highest BCUT2D eigenvalue weighted by Crippen LogP contribution is 2.03. The number of amides is 1. The van der Waals surface area contributed by atoms with Gasteiger partial charge in [0.05, 0.1) is 6.21 Å². The lowest BCUT2D eigenvalue weighted by atomic mass is 10.1. The molecule has 90 valence electrons. The van der Waals surface area contributed by atoms with Gasteiger partial charge in [0, 0.05) is 5.56 Å². The highest BCUT2D eigenvalue weighted by Gasteiger charge is 2.02. The van der Waals surface area contributed by atoms with Crippen LogP contribution < -0.4 is 5.43 Å². The van der Waals surface area contributed by atoms with E-state index in [2.05, 4.69) is 10.5 Å². The maximum atomic E-state index is 11.8. The van der Waals surface area contributed by atoms with Crippen molar-refractivity contribution in [3.05, 3.63) is 71.3 Å². The number of carbonyl (C=O) groups is 1. The Bertz CT molecular complexity index is 562. The number of benzene rings is 2. The number of nitrogens with one attached hydrogen (secondary N) is 1. The van der Waals surface area contributed by atoms with Crippen molar-refractivity contribution in [2.75, 3.05) is 0 Å². The first-order chi connectivity index (χ1) is 8.75. The highest BCUT2D eigenvalue weighted by molar-refractivity contribution is 5.95. The second-order valence-electron chi connectivity index (χ2n) is 3.98. The van der Waals surface area contributed by atoms with Crippen molar-refractivity contribution in [1.29, 1.82) is 0 Å². The lowest BCUT2D eigenvalue weighted by molar-refractivity contribution is 0.0955. The molecule has 0 saturated heterocycles. The molecule has 0 heterocycles. The van der Waals surface area contributed by atoms with Crippen molar-refractivity contribution in [2.24, 2.45) is 5.10 Å². The van der Waals surface area contributed by atoms with Gasteiger partial charge in [0.2, 0.25) is 0 Å². The Balaban J connectivity index is 1.99. The SMILES string of the molecule is Cc1cccc(C(=O)N/N=C\c2ccccc2)c1. The monoisotopic (exact) mass is 238 g/mol. The number of hydrazone groups is 1. The molecule has 0 radical (unpaired) electrons. The minimum absolute atomic E-state index is 0.203. The fourth-order valence-electron chi connectivity index (χ4n) is 1.56. The Hall–Kier alpha value is -2.42. The van der Waals surface area contributed by atoms with E-state index in [1.165, 1.54) is 0 Å². The van der Waals surface area contributed by atoms with Crippen LogP contribution in [0, 0.1) is 6.92 Å². The minimum atomic E-state index is -0.203. The average molecular weight is 238 g/mol. The van der Waals surface area contributed by atoms with Crippen LogP contribution in [-0.4, -0.2) is 12.1 Å². The van der Waals surface area contributed by atoms with Gasteiger partial charge in [-0.05, 0) is 24.6 Å². The first-order valence-corrected chi connectivity index (χ1v) is 5.71. The second-order valence-corrected chi connectivity index (χ2v) is 3.98. The lowest BCUT2D eigenvalue weighted by Gasteiger charge is -2.00. The highest BCUT2D eigenvalue weighted by atomic mass is 16.2. The van der Waals surface area contributed by atoms with E-state index in [9.17, 15) is 4.79 Å². The predicted octanol–water partition coefficient (Wildman–Crippen LogP) is 2.76. The number of aryl methyl sites for hydroxylation is 1. The summed E-state index contributed by atoms with van der Waals surface area (Å²) in [6.45, 7) is 1.95. The molecule has 3 nitrogen and oxygen atoms in total. The normalized spacial score (nSPS) is 10.5. The topological polar surface area (TPSA) is 41.5 Å². The zero-order valence-corrected chi connectivity index (χ0v) is 10.1. The maximum Gasteiger partial charge on any atom is 0.271 e. The molecular formula is C15H14N2O. The van der Waals surface area contributed by atoms with E-state index in [1.54, 1.807) is 12.3 Å². The summed E-state index contributed by atoms with van der Waals surface area (Å²) in [7, 11) is 0. The third-order valence-electron chi connectivity index (χ3n) is 2.46. The molecule has 1 amide bonds. The fourth-order valence-corrected chi connectivity index (χ4v) is 1.56. The number of nitrogens with zero attached hydrogens (tertiary/aromatic N) is 1. The molecular weight excluding hydrogens is 224 g/mol. The first kappa shape index (κ1) is 12.0. The van der Waals surface area contributed by atoms with E-state index in [-0.39, 0.29) is 5.91 Å². The molecule has 0 spiro atoms. The molecule has 1 N–H and O–H groups in total. The van der Waals surface area contributed by atoms with Gasteiger partial charge in [0.1, 0.15) is 0 Å². The van der Waals surface area contributed by atoms with Gasteiger partial charge in [-0.1, -0.05) is 48.0 Å². The first-order valence-electron chi connectivity index (χ1n) is 5.71. The van der Waals surface area contributed by atoms with Crippen LogP contribution in [0.5, 0.6) is 0 Å². The number of rotatable bonds is 3. The Morgan fingerprint density at radius 2 is 1.89 bits per heavy atom. The van der Waals surface area contributed by atoms with Gasteiger partial charge in [-0.15, -0.1) is 0 Å². The Morgan fingerprint density at radius 1 is 1.11 bits per heavy atom. The summed E-state index contributed by atoms with van der Waals surface area (Å²) in [5, 5.41) is 3.92. The predicted molar refractivity (Wildman–Crippen MR) is 72.7 cm³/mol. The molecule has 0 fully saturated rings. The van der Waals surface area contributed by atoms with Gasteiger partial charge in [0.15, 0.2) is 0 Å². The molecule has 2 rings (SSSR count). The third-order valence-corrected chi connectivity index (χ3v) is 2.46. The molecule has 3 heteroatoms. The molecule has 0 aliphatic heterocycles. The van der Waals surface area contributed by atoms with Gasteiger partial charge in [-0.2, -0.15) is 5.10 Å². The molecule has 18 heavy (non-hydrogen) atoms. The van der Waals surface area contributed by atoms with Gasteiger partial charge < -0.3 is 0 Å². The molecule has 0 aliphatic rings. The number of carbonyl (C=O) groups excluding carboxylic acids is 1. The smallest absolute Gasteiger partial charge is 0.267 e. The summed E-state index contributed by atoms with van der Waals surface area (Å²) in [4.78, 5) is 11.8. The standard InChI is InChI=1S/C15H14N2O/c1-12-6-5-9-14(10-12)15(18)17-16-11-13-7-3-2-4-8-13/h2-11H,1H3,(H,17,18)/b16-11-. The third kappa shape index (κ3) is 3.28. The van der Waals surface area contributed by atoms with Crippen LogP contribution in [0.1, 0.15) is 21.5 Å². The minimum Gasteiger partial charge on any atom is -0.267 e. The Labute approximate surface area is 106 Å². The van der Waals surface area contributed by atoms with Crippen LogP contribution in [0.2, 0.25) is 0 Å². The summed E-state index contributed by atoms with van der Waals surface area (Å²) in [6, 6.07) is 17.0. The zero-order chi connectivity index (χ0) is 12.8. The van der Waals surface area contributed by atoms with E-state index in [0.29, 0.717) is 5.56 Å². The quantitative estimate of drug-likeness (QED) is 0.648. The van der Waals surface area contributed by atoms with Gasteiger partial charge >= 0.3 is 0 Å². The van der Waals surface area contributed by atoms with E-state index in [0.717, 1.165) is 11.1 Å². The van der Waals surface area contributed by atoms with E-state index < -0.39 is 0 Å². The van der Waals surface area contributed by atoms with Crippen molar-refractivity contribution in [2.45, 2.75) is 6.92 Å². The largest absolute Gasteiger partial charge is 0.271 e. The summed E-state index contributed by atoms with van der Waals surface area (Å²) < 4.78 is 0. The van der Waals surface area contributed by atoms with Crippen molar-refractivity contribution >= 4 is 12.1 Å². The van der Waals surface area contributed by atoms with Crippen molar-refractivity contribution in [3.63, 3.8) is 0 Å². The van der Waals surface area contributed by atoms with Crippen LogP contribution in [0.4, 0.5) is 0 Å². The summed E-state index contributed by atoms with van der Waals surface area (Å²) >= 11 is 0. The van der Waals surface area contributed by atoms with Crippen LogP contribution in [0.15, 0.2) is 59.7 Å². The van der Waals surface area contributed by atoms with Crippen molar-refractivity contribution < 1.29 is 4.79 Å². The van der Waals surface area contributed by atoms with E-state index >= 15 is 0 Å². The van der Waals surface area contributed by atoms with Crippen LogP contribution in [0.3, 0.4) is 0 Å². The molecule has 0 saturated carbocycles. The van der Waals surface area contributed by atoms with Crippen molar-refractivity contribution in [1.82, 2.24) is 5.43 Å². The second kappa shape index (κ2) is 5.77. The van der Waals surface area contributed by atoms with Gasteiger partial charge in [-0.3, -0.25) is 4.79 Å². The van der Waals surface area contributed by atoms with Crippen molar-refractivity contribution in [3.8, 4) is 0 Å². The molecule has 2 aromatic carbocycles. The zero-order valence-electron chi connectivity index (χ0n) is 10.1. The van der Waals surface area contributed by atoms with E-state index in [4.69, 9.17) is 0 Å². The van der Waals surface area contributed by atoms with Crippen LogP contribution in [0.25, 0.3) is 0 Å². The summed E-state index contributed by atoms with van der Waals surface area (Å²) in [5.41, 5.74) is 5.11. The number of hydrogen-bond donors (Lipinski definition) is 1. The van der Waals surface area contributed by atoms with E-state index in [1.807, 2.05) is 55.5 Å². The Kier molecular flexibility index (Phi) is 3.86. The van der Waals surface area contributed by atoms with Gasteiger partial charge in [0.25, 0.3) is 5.91 Å². The molecule has 0 aliphatic carbocycles. The fraction of sp³-hybridized carbons (Fsp3) is 0.0667. The summed E-state index contributed by atoms with van der Waals surface area (Å²) in [6.07, 6.45) is 1.62.